The molecular weight excluding hydrogens is 214 g/mol. The number of hydrogen-bond donors (Lipinski definition) is 2. The van der Waals surface area contributed by atoms with Crippen molar-refractivity contribution in [1.82, 2.24) is 10.2 Å². The van der Waals surface area contributed by atoms with Crippen molar-refractivity contribution in [3.05, 3.63) is 0 Å². The lowest BCUT2D eigenvalue weighted by Gasteiger charge is -2.32. The van der Waals surface area contributed by atoms with E-state index in [1.807, 2.05) is 0 Å². The molecule has 1 amide bonds. The first-order valence-corrected chi connectivity index (χ1v) is 6.76. The molecule has 1 saturated carbocycles. The Morgan fingerprint density at radius 2 is 2.06 bits per heavy atom. The maximum Gasteiger partial charge on any atom is 0.237 e. The van der Waals surface area contributed by atoms with Crippen molar-refractivity contribution in [3.8, 4) is 0 Å². The molecular formula is C13H27N3O. The first-order valence-electron chi connectivity index (χ1n) is 6.76. The molecule has 0 aromatic carbocycles. The summed E-state index contributed by atoms with van der Waals surface area (Å²) in [5, 5.41) is 3.39. The smallest absolute Gasteiger partial charge is 0.237 e. The molecule has 17 heavy (non-hydrogen) atoms. The molecule has 1 fully saturated rings. The van der Waals surface area contributed by atoms with Gasteiger partial charge in [-0.1, -0.05) is 13.8 Å². The third-order valence-electron chi connectivity index (χ3n) is 3.85. The molecule has 2 atom stereocenters. The standard InChI is InChI=1S/C13H27N3O/c1-5-16(6-2)11-7-8-13(9-11,12(14)17)15-10(3)4/h10-11,15H,5-9H2,1-4H3,(H2,14,17). The quantitative estimate of drug-likeness (QED) is 0.732. The van der Waals surface area contributed by atoms with Crippen LogP contribution in [-0.4, -0.2) is 41.5 Å². The van der Waals surface area contributed by atoms with Crippen LogP contribution >= 0.6 is 0 Å². The molecule has 1 aliphatic rings. The van der Waals surface area contributed by atoms with Gasteiger partial charge in [0, 0.05) is 12.1 Å². The SMILES string of the molecule is CCN(CC)C1CCC(NC(C)C)(C(N)=O)C1. The molecule has 1 aliphatic carbocycles. The number of amides is 1. The van der Waals surface area contributed by atoms with Crippen molar-refractivity contribution >= 4 is 5.91 Å². The summed E-state index contributed by atoms with van der Waals surface area (Å²) in [6.07, 6.45) is 2.77. The molecule has 0 saturated heterocycles. The summed E-state index contributed by atoms with van der Waals surface area (Å²) in [7, 11) is 0. The van der Waals surface area contributed by atoms with Gasteiger partial charge in [-0.25, -0.2) is 0 Å². The highest BCUT2D eigenvalue weighted by atomic mass is 16.1. The van der Waals surface area contributed by atoms with Crippen LogP contribution in [0.25, 0.3) is 0 Å². The van der Waals surface area contributed by atoms with E-state index in [0.717, 1.165) is 32.4 Å². The molecule has 4 nitrogen and oxygen atoms in total. The Balaban J connectivity index is 2.74. The second-order valence-corrected chi connectivity index (χ2v) is 5.36. The summed E-state index contributed by atoms with van der Waals surface area (Å²) in [6, 6.07) is 0.779. The number of nitrogens with two attached hydrogens (primary N) is 1. The Labute approximate surface area is 105 Å². The van der Waals surface area contributed by atoms with Crippen molar-refractivity contribution in [2.75, 3.05) is 13.1 Å². The third-order valence-corrected chi connectivity index (χ3v) is 3.85. The molecule has 4 heteroatoms. The second kappa shape index (κ2) is 5.83. The van der Waals surface area contributed by atoms with Gasteiger partial charge in [-0.05, 0) is 46.2 Å². The van der Waals surface area contributed by atoms with Gasteiger partial charge in [0.1, 0.15) is 0 Å². The lowest BCUT2D eigenvalue weighted by Crippen LogP contribution is -2.56. The van der Waals surface area contributed by atoms with Gasteiger partial charge in [0.2, 0.25) is 5.91 Å². The topological polar surface area (TPSA) is 58.4 Å². The van der Waals surface area contributed by atoms with Crippen molar-refractivity contribution in [2.24, 2.45) is 5.73 Å². The van der Waals surface area contributed by atoms with E-state index in [2.05, 4.69) is 37.9 Å². The molecule has 3 N–H and O–H groups in total. The molecule has 0 aromatic heterocycles. The van der Waals surface area contributed by atoms with Gasteiger partial charge in [0.15, 0.2) is 0 Å². The number of nitrogens with zero attached hydrogens (tertiary/aromatic N) is 1. The number of hydrogen-bond acceptors (Lipinski definition) is 3. The Kier molecular flexibility index (Phi) is 4.95. The first kappa shape index (κ1) is 14.5. The van der Waals surface area contributed by atoms with Gasteiger partial charge in [0.05, 0.1) is 5.54 Å². The second-order valence-electron chi connectivity index (χ2n) is 5.36. The monoisotopic (exact) mass is 241 g/mol. The summed E-state index contributed by atoms with van der Waals surface area (Å²) < 4.78 is 0. The Bertz CT molecular complexity index is 263. The van der Waals surface area contributed by atoms with Gasteiger partial charge in [-0.3, -0.25) is 4.79 Å². The summed E-state index contributed by atoms with van der Waals surface area (Å²) in [5.41, 5.74) is 5.12. The van der Waals surface area contributed by atoms with Gasteiger partial charge in [0.25, 0.3) is 0 Å². The highest BCUT2D eigenvalue weighted by Crippen LogP contribution is 2.33. The number of carbonyl (C=O) groups excluding carboxylic acids is 1. The van der Waals surface area contributed by atoms with E-state index in [9.17, 15) is 4.79 Å². The molecule has 0 spiro atoms. The minimum absolute atomic E-state index is 0.194. The number of rotatable bonds is 6. The van der Waals surface area contributed by atoms with Crippen LogP contribution in [0.3, 0.4) is 0 Å². The van der Waals surface area contributed by atoms with Crippen LogP contribution in [0.2, 0.25) is 0 Å². The zero-order valence-corrected chi connectivity index (χ0v) is 11.6. The molecule has 1 rings (SSSR count). The van der Waals surface area contributed by atoms with Crippen molar-refractivity contribution in [2.45, 2.75) is 64.6 Å². The average molecular weight is 241 g/mol. The minimum atomic E-state index is -0.485. The van der Waals surface area contributed by atoms with Crippen LogP contribution in [-0.2, 0) is 4.79 Å². The maximum absolute atomic E-state index is 11.7. The Morgan fingerprint density at radius 1 is 1.47 bits per heavy atom. The van der Waals surface area contributed by atoms with Crippen LogP contribution in [0.5, 0.6) is 0 Å². The first-order chi connectivity index (χ1) is 7.95. The molecule has 100 valence electrons. The van der Waals surface area contributed by atoms with Crippen LogP contribution in [0, 0.1) is 0 Å². The largest absolute Gasteiger partial charge is 0.368 e. The highest BCUT2D eigenvalue weighted by molar-refractivity contribution is 5.85. The molecule has 0 aliphatic heterocycles. The molecule has 2 unspecified atom stereocenters. The zero-order valence-electron chi connectivity index (χ0n) is 11.6. The van der Waals surface area contributed by atoms with E-state index in [0.29, 0.717) is 6.04 Å². The summed E-state index contributed by atoms with van der Waals surface area (Å²) in [5.74, 6) is -0.194. The zero-order chi connectivity index (χ0) is 13.1. The minimum Gasteiger partial charge on any atom is -0.368 e. The maximum atomic E-state index is 11.7. The average Bonchev–Trinajstić information content (AvgIpc) is 2.64. The van der Waals surface area contributed by atoms with Crippen LogP contribution < -0.4 is 11.1 Å². The van der Waals surface area contributed by atoms with E-state index >= 15 is 0 Å². The summed E-state index contributed by atoms with van der Waals surface area (Å²) in [6.45, 7) is 10.5. The van der Waals surface area contributed by atoms with Crippen molar-refractivity contribution in [1.29, 1.82) is 0 Å². The van der Waals surface area contributed by atoms with E-state index in [-0.39, 0.29) is 11.9 Å². The Hall–Kier alpha value is -0.610. The van der Waals surface area contributed by atoms with Crippen LogP contribution in [0.1, 0.15) is 47.0 Å². The third kappa shape index (κ3) is 3.19. The molecule has 0 radical (unpaired) electrons. The van der Waals surface area contributed by atoms with Gasteiger partial charge in [-0.2, -0.15) is 0 Å². The molecule has 0 heterocycles. The lowest BCUT2D eigenvalue weighted by atomic mass is 9.95. The van der Waals surface area contributed by atoms with Crippen molar-refractivity contribution < 1.29 is 4.79 Å². The number of nitrogens with one attached hydrogen (secondary N) is 1. The van der Waals surface area contributed by atoms with E-state index in [1.165, 1.54) is 0 Å². The fourth-order valence-electron chi connectivity index (χ4n) is 3.05. The fraction of sp³-hybridized carbons (Fsp3) is 0.923. The predicted molar refractivity (Wildman–Crippen MR) is 70.8 cm³/mol. The van der Waals surface area contributed by atoms with Gasteiger partial charge >= 0.3 is 0 Å². The van der Waals surface area contributed by atoms with E-state index < -0.39 is 5.54 Å². The summed E-state index contributed by atoms with van der Waals surface area (Å²) in [4.78, 5) is 14.2. The molecule has 0 aromatic rings. The number of primary amides is 1. The fourth-order valence-corrected chi connectivity index (χ4v) is 3.05. The van der Waals surface area contributed by atoms with Crippen LogP contribution in [0.4, 0.5) is 0 Å². The van der Waals surface area contributed by atoms with E-state index in [1.54, 1.807) is 0 Å². The van der Waals surface area contributed by atoms with Crippen LogP contribution in [0.15, 0.2) is 0 Å². The molecule has 0 bridgehead atoms. The number of carbonyl (C=O) groups is 1. The summed E-state index contributed by atoms with van der Waals surface area (Å²) >= 11 is 0. The van der Waals surface area contributed by atoms with Gasteiger partial charge in [-0.15, -0.1) is 0 Å². The van der Waals surface area contributed by atoms with E-state index in [4.69, 9.17) is 5.73 Å². The lowest BCUT2D eigenvalue weighted by molar-refractivity contribution is -0.124. The Morgan fingerprint density at radius 3 is 2.47 bits per heavy atom. The van der Waals surface area contributed by atoms with Gasteiger partial charge < -0.3 is 16.0 Å². The normalized spacial score (nSPS) is 29.2. The highest BCUT2D eigenvalue weighted by Gasteiger charge is 2.45. The van der Waals surface area contributed by atoms with Crippen molar-refractivity contribution in [3.63, 3.8) is 0 Å². The predicted octanol–water partition coefficient (Wildman–Crippen LogP) is 1.10.